The second-order valence-corrected chi connectivity index (χ2v) is 7.50. The maximum atomic E-state index is 5.70. The third kappa shape index (κ3) is 4.21. The molecule has 0 aliphatic heterocycles. The van der Waals surface area contributed by atoms with Crippen molar-refractivity contribution in [2.45, 2.75) is 26.7 Å². The number of quaternary nitrogens is 1. The standard InChI is InChI=1S/C22H24N6S/c1-3-26-21(19-10-6-4-7-11-19)24-28(22(26)29)17-25(2)15-18-14-23-27(16-18)20-12-8-5-9-13-20/h4-14,16H,3,15,17H2,1-2H3/p+1. The lowest BCUT2D eigenvalue weighted by atomic mass is 10.2. The van der Waals surface area contributed by atoms with Crippen LogP contribution in [0.3, 0.4) is 0 Å². The van der Waals surface area contributed by atoms with Crippen LogP contribution in [0.1, 0.15) is 12.5 Å². The van der Waals surface area contributed by atoms with Crippen molar-refractivity contribution in [1.29, 1.82) is 0 Å². The minimum Gasteiger partial charge on any atom is -0.315 e. The molecular formula is C22H25N6S+. The van der Waals surface area contributed by atoms with Gasteiger partial charge in [-0.15, -0.1) is 5.10 Å². The number of hydrogen-bond acceptors (Lipinski definition) is 3. The van der Waals surface area contributed by atoms with Crippen LogP contribution in [0.25, 0.3) is 17.1 Å². The summed E-state index contributed by atoms with van der Waals surface area (Å²) in [5.41, 5.74) is 3.32. The van der Waals surface area contributed by atoms with Crippen molar-refractivity contribution in [3.63, 3.8) is 0 Å². The van der Waals surface area contributed by atoms with Gasteiger partial charge in [0, 0.05) is 23.9 Å². The molecule has 0 fully saturated rings. The fraction of sp³-hybridized carbons (Fsp3) is 0.227. The maximum absolute atomic E-state index is 5.70. The van der Waals surface area contributed by atoms with Crippen molar-refractivity contribution >= 4 is 12.2 Å². The molecule has 0 bridgehead atoms. The quantitative estimate of drug-likeness (QED) is 0.481. The largest absolute Gasteiger partial charge is 0.315 e. The number of rotatable bonds is 7. The Labute approximate surface area is 175 Å². The third-order valence-electron chi connectivity index (χ3n) is 4.85. The highest BCUT2D eigenvalue weighted by Gasteiger charge is 2.15. The van der Waals surface area contributed by atoms with Crippen LogP contribution in [-0.2, 0) is 19.8 Å². The highest BCUT2D eigenvalue weighted by Crippen LogP contribution is 2.17. The van der Waals surface area contributed by atoms with Crippen LogP contribution in [0.4, 0.5) is 0 Å². The van der Waals surface area contributed by atoms with Gasteiger partial charge in [-0.3, -0.25) is 0 Å². The van der Waals surface area contributed by atoms with Gasteiger partial charge in [-0.05, 0) is 31.3 Å². The molecule has 0 spiro atoms. The minimum absolute atomic E-state index is 0.697. The first-order valence-corrected chi connectivity index (χ1v) is 10.2. The summed E-state index contributed by atoms with van der Waals surface area (Å²) < 4.78 is 6.68. The van der Waals surface area contributed by atoms with E-state index in [-0.39, 0.29) is 0 Å². The fourth-order valence-corrected chi connectivity index (χ4v) is 3.78. The Bertz CT molecular complexity index is 1130. The molecule has 1 unspecified atom stereocenters. The van der Waals surface area contributed by atoms with Crippen molar-refractivity contribution < 1.29 is 4.90 Å². The highest BCUT2D eigenvalue weighted by atomic mass is 32.1. The molecule has 4 rings (SSSR count). The van der Waals surface area contributed by atoms with Crippen LogP contribution in [0.5, 0.6) is 0 Å². The van der Waals surface area contributed by atoms with Gasteiger partial charge in [0.25, 0.3) is 0 Å². The lowest BCUT2D eigenvalue weighted by Crippen LogP contribution is -3.07. The highest BCUT2D eigenvalue weighted by molar-refractivity contribution is 7.71. The van der Waals surface area contributed by atoms with Gasteiger partial charge in [0.2, 0.25) is 4.77 Å². The van der Waals surface area contributed by atoms with Crippen molar-refractivity contribution in [3.05, 3.63) is 83.4 Å². The van der Waals surface area contributed by atoms with Gasteiger partial charge in [-0.2, -0.15) is 9.78 Å². The van der Waals surface area contributed by atoms with Gasteiger partial charge in [0.05, 0.1) is 18.9 Å². The molecule has 0 radical (unpaired) electrons. The average molecular weight is 406 g/mol. The Morgan fingerprint density at radius 1 is 1.00 bits per heavy atom. The van der Waals surface area contributed by atoms with E-state index >= 15 is 0 Å². The molecule has 7 heteroatoms. The summed E-state index contributed by atoms with van der Waals surface area (Å²) in [5.74, 6) is 0.919. The molecule has 4 aromatic rings. The zero-order chi connectivity index (χ0) is 20.2. The first kappa shape index (κ1) is 19.3. The van der Waals surface area contributed by atoms with Crippen molar-refractivity contribution in [2.24, 2.45) is 0 Å². The Kier molecular flexibility index (Phi) is 5.69. The summed E-state index contributed by atoms with van der Waals surface area (Å²) >= 11 is 5.70. The number of nitrogens with one attached hydrogen (secondary N) is 1. The monoisotopic (exact) mass is 405 g/mol. The summed E-state index contributed by atoms with van der Waals surface area (Å²) in [6.45, 7) is 4.44. The van der Waals surface area contributed by atoms with Crippen molar-refractivity contribution in [3.8, 4) is 17.1 Å². The summed E-state index contributed by atoms with van der Waals surface area (Å²) in [6, 6.07) is 20.4. The Morgan fingerprint density at radius 3 is 2.38 bits per heavy atom. The predicted octanol–water partition coefficient (Wildman–Crippen LogP) is 2.96. The molecule has 0 amide bonds. The number of para-hydroxylation sites is 1. The van der Waals surface area contributed by atoms with Crippen molar-refractivity contribution in [2.75, 3.05) is 7.05 Å². The van der Waals surface area contributed by atoms with E-state index in [4.69, 9.17) is 17.3 Å². The Balaban J connectivity index is 1.51. The lowest BCUT2D eigenvalue weighted by Gasteiger charge is -2.12. The molecule has 0 aliphatic carbocycles. The summed E-state index contributed by atoms with van der Waals surface area (Å²) in [7, 11) is 2.15. The zero-order valence-electron chi connectivity index (χ0n) is 16.7. The molecule has 29 heavy (non-hydrogen) atoms. The van der Waals surface area contributed by atoms with E-state index in [9.17, 15) is 0 Å². The second-order valence-electron chi connectivity index (χ2n) is 7.14. The van der Waals surface area contributed by atoms with E-state index < -0.39 is 0 Å². The molecule has 148 valence electrons. The number of benzene rings is 2. The molecule has 0 aliphatic rings. The SMILES string of the molecule is CCn1c(-c2ccccc2)nn(C[NH+](C)Cc2cnn(-c3ccccc3)c2)c1=S. The van der Waals surface area contributed by atoms with Gasteiger partial charge >= 0.3 is 0 Å². The van der Waals surface area contributed by atoms with Gasteiger partial charge in [-0.25, -0.2) is 4.68 Å². The molecular weight excluding hydrogens is 380 g/mol. The molecule has 2 heterocycles. The van der Waals surface area contributed by atoms with Crippen LogP contribution < -0.4 is 4.90 Å². The van der Waals surface area contributed by atoms with Gasteiger partial charge in [0.1, 0.15) is 6.54 Å². The van der Waals surface area contributed by atoms with Crippen LogP contribution in [0.15, 0.2) is 73.1 Å². The predicted molar refractivity (Wildman–Crippen MR) is 116 cm³/mol. The number of nitrogens with zero attached hydrogens (tertiary/aromatic N) is 5. The van der Waals surface area contributed by atoms with E-state index in [0.29, 0.717) is 6.67 Å². The molecule has 2 aromatic heterocycles. The Morgan fingerprint density at radius 2 is 1.69 bits per heavy atom. The van der Waals surface area contributed by atoms with E-state index in [0.717, 1.165) is 34.9 Å². The fourth-order valence-electron chi connectivity index (χ4n) is 3.46. The molecule has 6 nitrogen and oxygen atoms in total. The molecule has 1 N–H and O–H groups in total. The van der Waals surface area contributed by atoms with E-state index in [1.165, 1.54) is 10.5 Å². The van der Waals surface area contributed by atoms with E-state index in [2.05, 4.69) is 54.1 Å². The minimum atomic E-state index is 0.697. The lowest BCUT2D eigenvalue weighted by molar-refractivity contribution is -0.917. The summed E-state index contributed by atoms with van der Waals surface area (Å²) in [6.07, 6.45) is 4.01. The maximum Gasteiger partial charge on any atom is 0.203 e. The smallest absolute Gasteiger partial charge is 0.203 e. The molecule has 0 saturated heterocycles. The van der Waals surface area contributed by atoms with Crippen LogP contribution in [0, 0.1) is 4.77 Å². The van der Waals surface area contributed by atoms with Gasteiger partial charge in [0.15, 0.2) is 12.5 Å². The van der Waals surface area contributed by atoms with Gasteiger partial charge < -0.3 is 9.47 Å². The normalized spacial score (nSPS) is 12.2. The van der Waals surface area contributed by atoms with E-state index in [1.54, 1.807) is 0 Å². The van der Waals surface area contributed by atoms with Crippen LogP contribution >= 0.6 is 12.2 Å². The topological polar surface area (TPSA) is 45.0 Å². The second kappa shape index (κ2) is 8.55. The first-order valence-electron chi connectivity index (χ1n) is 9.79. The Hall–Kier alpha value is -3.03. The average Bonchev–Trinajstić information content (AvgIpc) is 3.34. The molecule has 1 atom stereocenters. The summed E-state index contributed by atoms with van der Waals surface area (Å²) in [5, 5.41) is 9.31. The number of aromatic nitrogens is 5. The van der Waals surface area contributed by atoms with Crippen molar-refractivity contribution in [1.82, 2.24) is 24.1 Å². The van der Waals surface area contributed by atoms with Gasteiger partial charge in [-0.1, -0.05) is 48.5 Å². The number of hydrogen-bond donors (Lipinski definition) is 1. The van der Waals surface area contributed by atoms with Crippen LogP contribution in [-0.4, -0.2) is 31.2 Å². The zero-order valence-corrected chi connectivity index (χ0v) is 17.5. The third-order valence-corrected chi connectivity index (χ3v) is 5.28. The first-order chi connectivity index (χ1) is 14.2. The molecule has 0 saturated carbocycles. The van der Waals surface area contributed by atoms with E-state index in [1.807, 2.05) is 52.0 Å². The van der Waals surface area contributed by atoms with Crippen LogP contribution in [0.2, 0.25) is 0 Å². The summed E-state index contributed by atoms with van der Waals surface area (Å²) in [4.78, 5) is 1.29. The molecule has 2 aromatic carbocycles.